The van der Waals surface area contributed by atoms with Gasteiger partial charge in [-0.15, -0.1) is 0 Å². The Kier molecular flexibility index (Phi) is 3.04. The number of hydrogen-bond acceptors (Lipinski definition) is 5. The lowest BCUT2D eigenvalue weighted by molar-refractivity contribution is 0.419. The standard InChI is InChI=1S/C17H16N4O2/c1-23-14-8-11(10-4-5-10)7-13-15(14)16(18)20-17(22)21(13)12-3-2-6-19-9-12/h2-3,6-10H,4-5H2,1H3,(H2,18,20,22). The SMILES string of the molecule is COc1cc(C2CC2)cc2c1c(N)nc(=O)n2-c1cccnc1. The van der Waals surface area contributed by atoms with Crippen molar-refractivity contribution in [1.82, 2.24) is 14.5 Å². The van der Waals surface area contributed by atoms with E-state index in [0.717, 1.165) is 18.4 Å². The fourth-order valence-electron chi connectivity index (χ4n) is 2.92. The summed E-state index contributed by atoms with van der Waals surface area (Å²) in [6, 6.07) is 7.62. The van der Waals surface area contributed by atoms with Crippen LogP contribution in [0.25, 0.3) is 16.6 Å². The van der Waals surface area contributed by atoms with Crippen molar-refractivity contribution < 1.29 is 4.74 Å². The first-order chi connectivity index (χ1) is 11.2. The molecule has 1 saturated carbocycles. The van der Waals surface area contributed by atoms with Crippen LogP contribution in [0.2, 0.25) is 0 Å². The molecule has 0 aliphatic heterocycles. The maximum absolute atomic E-state index is 12.5. The number of hydrogen-bond donors (Lipinski definition) is 1. The summed E-state index contributed by atoms with van der Waals surface area (Å²) in [7, 11) is 1.60. The van der Waals surface area contributed by atoms with Crippen molar-refractivity contribution in [3.05, 3.63) is 52.7 Å². The molecule has 0 spiro atoms. The number of methoxy groups -OCH3 is 1. The van der Waals surface area contributed by atoms with Crippen LogP contribution in [0.3, 0.4) is 0 Å². The molecule has 0 amide bonds. The highest BCUT2D eigenvalue weighted by Gasteiger charge is 2.26. The number of ether oxygens (including phenoxy) is 1. The summed E-state index contributed by atoms with van der Waals surface area (Å²) in [5.41, 5.74) is 8.11. The van der Waals surface area contributed by atoms with Crippen molar-refractivity contribution in [1.29, 1.82) is 0 Å². The van der Waals surface area contributed by atoms with E-state index in [1.807, 2.05) is 18.2 Å². The molecule has 2 heterocycles. The topological polar surface area (TPSA) is 83.0 Å². The fraction of sp³-hybridized carbons (Fsp3) is 0.235. The second-order valence-corrected chi connectivity index (χ2v) is 5.72. The molecule has 0 atom stereocenters. The van der Waals surface area contributed by atoms with Gasteiger partial charge in [0.1, 0.15) is 11.6 Å². The number of fused-ring (bicyclic) bond motifs is 1. The Labute approximate surface area is 132 Å². The molecular formula is C17H16N4O2. The van der Waals surface area contributed by atoms with Crippen LogP contribution in [0.5, 0.6) is 5.75 Å². The molecule has 1 aliphatic carbocycles. The third-order valence-electron chi connectivity index (χ3n) is 4.18. The molecule has 0 radical (unpaired) electrons. The minimum atomic E-state index is -0.419. The zero-order valence-electron chi connectivity index (χ0n) is 12.7. The Morgan fingerprint density at radius 2 is 2.17 bits per heavy atom. The van der Waals surface area contributed by atoms with Gasteiger partial charge in [-0.25, -0.2) is 4.79 Å². The van der Waals surface area contributed by atoms with E-state index in [0.29, 0.717) is 28.3 Å². The van der Waals surface area contributed by atoms with Gasteiger partial charge < -0.3 is 10.5 Å². The lowest BCUT2D eigenvalue weighted by Crippen LogP contribution is -2.23. The third kappa shape index (κ3) is 2.23. The Hall–Kier alpha value is -2.89. The van der Waals surface area contributed by atoms with Gasteiger partial charge in [0.05, 0.1) is 29.9 Å². The summed E-state index contributed by atoms with van der Waals surface area (Å²) in [6.45, 7) is 0. The van der Waals surface area contributed by atoms with E-state index in [2.05, 4.69) is 9.97 Å². The minimum Gasteiger partial charge on any atom is -0.496 e. The highest BCUT2D eigenvalue weighted by Crippen LogP contribution is 2.43. The summed E-state index contributed by atoms with van der Waals surface area (Å²) in [6.07, 6.45) is 5.62. The van der Waals surface area contributed by atoms with Crippen molar-refractivity contribution in [2.75, 3.05) is 12.8 Å². The van der Waals surface area contributed by atoms with Gasteiger partial charge >= 0.3 is 5.69 Å². The Morgan fingerprint density at radius 1 is 1.35 bits per heavy atom. The van der Waals surface area contributed by atoms with E-state index in [1.165, 1.54) is 4.57 Å². The van der Waals surface area contributed by atoms with Crippen LogP contribution in [0, 0.1) is 0 Å². The fourth-order valence-corrected chi connectivity index (χ4v) is 2.92. The molecule has 3 aromatic rings. The number of rotatable bonds is 3. The summed E-state index contributed by atoms with van der Waals surface area (Å²) in [5.74, 6) is 1.36. The van der Waals surface area contributed by atoms with Crippen LogP contribution < -0.4 is 16.2 Å². The zero-order chi connectivity index (χ0) is 16.0. The van der Waals surface area contributed by atoms with Crippen molar-refractivity contribution in [3.8, 4) is 11.4 Å². The van der Waals surface area contributed by atoms with Crippen molar-refractivity contribution in [2.24, 2.45) is 0 Å². The van der Waals surface area contributed by atoms with Crippen LogP contribution in [0.15, 0.2) is 41.5 Å². The molecule has 6 heteroatoms. The van der Waals surface area contributed by atoms with Crippen LogP contribution in [-0.4, -0.2) is 21.6 Å². The predicted octanol–water partition coefficient (Wildman–Crippen LogP) is 2.25. The number of benzene rings is 1. The number of nitrogens with two attached hydrogens (primary N) is 1. The van der Waals surface area contributed by atoms with Crippen LogP contribution in [-0.2, 0) is 0 Å². The normalized spacial score (nSPS) is 14.1. The summed E-state index contributed by atoms with van der Waals surface area (Å²) in [5, 5.41) is 0.653. The zero-order valence-corrected chi connectivity index (χ0v) is 12.7. The highest BCUT2D eigenvalue weighted by molar-refractivity contribution is 5.95. The molecule has 0 bridgehead atoms. The van der Waals surface area contributed by atoms with E-state index in [-0.39, 0.29) is 5.82 Å². The van der Waals surface area contributed by atoms with Crippen LogP contribution in [0.4, 0.5) is 5.82 Å². The van der Waals surface area contributed by atoms with Gasteiger partial charge in [-0.2, -0.15) is 4.98 Å². The number of aromatic nitrogens is 3. The summed E-state index contributed by atoms with van der Waals surface area (Å²) >= 11 is 0. The van der Waals surface area contributed by atoms with Gasteiger partial charge in [-0.05, 0) is 48.6 Å². The summed E-state index contributed by atoms with van der Waals surface area (Å²) < 4.78 is 7.04. The minimum absolute atomic E-state index is 0.185. The van der Waals surface area contributed by atoms with Crippen LogP contribution >= 0.6 is 0 Å². The lowest BCUT2D eigenvalue weighted by atomic mass is 10.1. The number of anilines is 1. The van der Waals surface area contributed by atoms with E-state index < -0.39 is 5.69 Å². The first-order valence-corrected chi connectivity index (χ1v) is 7.49. The van der Waals surface area contributed by atoms with Gasteiger partial charge in [0.15, 0.2) is 0 Å². The molecule has 2 N–H and O–H groups in total. The van der Waals surface area contributed by atoms with Crippen molar-refractivity contribution in [3.63, 3.8) is 0 Å². The average Bonchev–Trinajstić information content (AvgIpc) is 3.39. The number of nitrogen functional groups attached to an aromatic ring is 1. The van der Waals surface area contributed by atoms with Gasteiger partial charge in [0, 0.05) is 6.20 Å². The Balaban J connectivity index is 2.13. The Morgan fingerprint density at radius 3 is 2.83 bits per heavy atom. The van der Waals surface area contributed by atoms with Crippen molar-refractivity contribution >= 4 is 16.7 Å². The molecule has 4 rings (SSSR count). The molecule has 2 aromatic heterocycles. The first kappa shape index (κ1) is 13.8. The van der Waals surface area contributed by atoms with Crippen LogP contribution in [0.1, 0.15) is 24.3 Å². The second-order valence-electron chi connectivity index (χ2n) is 5.72. The molecule has 116 valence electrons. The lowest BCUT2D eigenvalue weighted by Gasteiger charge is -2.15. The van der Waals surface area contributed by atoms with E-state index in [1.54, 1.807) is 25.6 Å². The quantitative estimate of drug-likeness (QED) is 0.802. The summed E-state index contributed by atoms with van der Waals surface area (Å²) in [4.78, 5) is 20.5. The van der Waals surface area contributed by atoms with Gasteiger partial charge in [0.2, 0.25) is 0 Å². The smallest absolute Gasteiger partial charge is 0.354 e. The molecule has 1 aliphatic rings. The maximum atomic E-state index is 12.5. The predicted molar refractivity (Wildman–Crippen MR) is 88.1 cm³/mol. The Bertz CT molecular complexity index is 946. The first-order valence-electron chi connectivity index (χ1n) is 7.49. The molecule has 6 nitrogen and oxygen atoms in total. The molecule has 0 saturated heterocycles. The number of pyridine rings is 1. The molecule has 23 heavy (non-hydrogen) atoms. The molecule has 1 aromatic carbocycles. The van der Waals surface area contributed by atoms with Crippen molar-refractivity contribution in [2.45, 2.75) is 18.8 Å². The largest absolute Gasteiger partial charge is 0.496 e. The second kappa shape index (κ2) is 5.08. The average molecular weight is 308 g/mol. The third-order valence-corrected chi connectivity index (χ3v) is 4.18. The number of nitrogens with zero attached hydrogens (tertiary/aromatic N) is 3. The monoisotopic (exact) mass is 308 g/mol. The van der Waals surface area contributed by atoms with E-state index >= 15 is 0 Å². The van der Waals surface area contributed by atoms with Gasteiger partial charge in [-0.1, -0.05) is 0 Å². The maximum Gasteiger partial charge on any atom is 0.354 e. The molecule has 0 unspecified atom stereocenters. The van der Waals surface area contributed by atoms with E-state index in [9.17, 15) is 4.79 Å². The van der Waals surface area contributed by atoms with Gasteiger partial charge in [0.25, 0.3) is 0 Å². The van der Waals surface area contributed by atoms with Gasteiger partial charge in [-0.3, -0.25) is 9.55 Å². The highest BCUT2D eigenvalue weighted by atomic mass is 16.5. The molecule has 1 fully saturated rings. The van der Waals surface area contributed by atoms with E-state index in [4.69, 9.17) is 10.5 Å². The molecular weight excluding hydrogens is 292 g/mol.